The van der Waals surface area contributed by atoms with E-state index in [2.05, 4.69) is 39.8 Å². The summed E-state index contributed by atoms with van der Waals surface area (Å²) in [6.45, 7) is 9.62. The average molecular weight is 401 g/mol. The number of alkyl halides is 1. The number of ether oxygens (including phenoxy) is 2. The van der Waals surface area contributed by atoms with Gasteiger partial charge >= 0.3 is 0 Å². The van der Waals surface area contributed by atoms with Crippen molar-refractivity contribution in [3.63, 3.8) is 0 Å². The molecule has 0 unspecified atom stereocenters. The number of ketones is 1. The maximum Gasteiger partial charge on any atom is 0.209 e. The number of hydrogen-bond donors (Lipinski definition) is 0. The number of carbonyl (C=O) groups excluding carboxylic acids is 1. The fourth-order valence-electron chi connectivity index (χ4n) is 4.39. The molecule has 0 aromatic rings. The molecule has 0 radical (unpaired) electrons. The van der Waals surface area contributed by atoms with Gasteiger partial charge in [0.15, 0.2) is 5.78 Å². The molecule has 0 aromatic heterocycles. The lowest BCUT2D eigenvalue weighted by Gasteiger charge is -2.45. The predicted octanol–water partition coefficient (Wildman–Crippen LogP) is 5.94. The molecule has 3 nitrogen and oxygen atoms in total. The minimum atomic E-state index is -1.07. The molecular weight excluding hydrogens is 367 g/mol. The van der Waals surface area contributed by atoms with Gasteiger partial charge < -0.3 is 9.47 Å². The van der Waals surface area contributed by atoms with Crippen molar-refractivity contribution in [2.45, 2.75) is 78.3 Å². The molecule has 2 aliphatic heterocycles. The third-order valence-corrected chi connectivity index (χ3v) is 5.86. The van der Waals surface area contributed by atoms with Gasteiger partial charge in [0.2, 0.25) is 5.79 Å². The molecule has 0 aromatic carbocycles. The Balaban J connectivity index is 1.83. The fraction of sp³-hybridized carbons (Fsp3) is 0.560. The minimum Gasteiger partial charge on any atom is -0.335 e. The topological polar surface area (TPSA) is 35.5 Å². The van der Waals surface area contributed by atoms with Crippen molar-refractivity contribution < 1.29 is 18.7 Å². The van der Waals surface area contributed by atoms with E-state index in [0.29, 0.717) is 17.6 Å². The number of halogens is 1. The van der Waals surface area contributed by atoms with Gasteiger partial charge in [0.1, 0.15) is 6.67 Å². The molecule has 1 aliphatic carbocycles. The van der Waals surface area contributed by atoms with E-state index in [4.69, 9.17) is 9.47 Å². The normalized spacial score (nSPS) is 32.3. The van der Waals surface area contributed by atoms with Gasteiger partial charge in [0, 0.05) is 12.3 Å². The van der Waals surface area contributed by atoms with Crippen LogP contribution in [0, 0.1) is 5.92 Å². The molecule has 1 spiro atoms. The second-order valence-corrected chi connectivity index (χ2v) is 8.92. The van der Waals surface area contributed by atoms with Gasteiger partial charge in [0.05, 0.1) is 12.2 Å². The van der Waals surface area contributed by atoms with Crippen molar-refractivity contribution in [1.29, 1.82) is 0 Å². The average Bonchev–Trinajstić information content (AvgIpc) is 2.61. The molecule has 3 aliphatic rings. The Morgan fingerprint density at radius 2 is 1.97 bits per heavy atom. The van der Waals surface area contributed by atoms with Gasteiger partial charge in [-0.25, -0.2) is 4.39 Å². The summed E-state index contributed by atoms with van der Waals surface area (Å²) in [7, 11) is 0. The Morgan fingerprint density at radius 3 is 2.66 bits per heavy atom. The quantitative estimate of drug-likeness (QED) is 0.536. The third kappa shape index (κ3) is 5.23. The Kier molecular flexibility index (Phi) is 6.75. The molecule has 29 heavy (non-hydrogen) atoms. The molecule has 0 fully saturated rings. The highest BCUT2D eigenvalue weighted by molar-refractivity contribution is 5.96. The summed E-state index contributed by atoms with van der Waals surface area (Å²) in [5.41, 5.74) is 5.06. The first kappa shape index (κ1) is 21.9. The molecule has 0 amide bonds. The maximum atomic E-state index is 13.9. The van der Waals surface area contributed by atoms with E-state index in [1.165, 1.54) is 11.1 Å². The van der Waals surface area contributed by atoms with E-state index in [0.717, 1.165) is 24.8 Å². The lowest BCUT2D eigenvalue weighted by molar-refractivity contribution is -0.224. The van der Waals surface area contributed by atoms with E-state index in [1.54, 1.807) is 13.0 Å². The van der Waals surface area contributed by atoms with Crippen LogP contribution in [-0.2, 0) is 14.3 Å². The van der Waals surface area contributed by atoms with Crippen molar-refractivity contribution in [2.24, 2.45) is 5.92 Å². The standard InChI is InChI=1S/C25H33FO3/c1-16(2)7-6-8-17(3)9-21-10-18(4)13-25(28-21)14-20(15-26)22-12-23(27)19(5)11-24(22)29-25/h7,9,11,13-14,21-22,24H,6,8,10,12,15H2,1-5H3/b17-9+/t21-,22-,24-,25+/m1/s1. The molecule has 4 atom stereocenters. The lowest BCUT2D eigenvalue weighted by atomic mass is 9.79. The molecule has 3 rings (SSSR count). The number of Topliss-reactive ketones (excluding diaryl/α,β-unsaturated/α-hetero) is 1. The molecule has 0 N–H and O–H groups in total. The second-order valence-electron chi connectivity index (χ2n) is 8.92. The molecule has 0 saturated carbocycles. The van der Waals surface area contributed by atoms with Crippen LogP contribution >= 0.6 is 0 Å². The van der Waals surface area contributed by atoms with Crippen molar-refractivity contribution in [2.75, 3.05) is 6.67 Å². The Labute approximate surface area is 174 Å². The summed E-state index contributed by atoms with van der Waals surface area (Å²) < 4.78 is 26.6. The van der Waals surface area contributed by atoms with Crippen molar-refractivity contribution in [1.82, 2.24) is 0 Å². The summed E-state index contributed by atoms with van der Waals surface area (Å²) in [5.74, 6) is -1.24. The van der Waals surface area contributed by atoms with Crippen LogP contribution in [0.15, 0.2) is 58.2 Å². The largest absolute Gasteiger partial charge is 0.335 e. The van der Waals surface area contributed by atoms with Gasteiger partial charge in [-0.15, -0.1) is 0 Å². The lowest BCUT2D eigenvalue weighted by Crippen LogP contribution is -2.49. The van der Waals surface area contributed by atoms with E-state index in [9.17, 15) is 9.18 Å². The first-order chi connectivity index (χ1) is 13.7. The molecule has 158 valence electrons. The van der Waals surface area contributed by atoms with Gasteiger partial charge in [-0.05, 0) is 83.3 Å². The monoisotopic (exact) mass is 400 g/mol. The van der Waals surface area contributed by atoms with Gasteiger partial charge in [-0.1, -0.05) is 28.9 Å². The number of hydrogen-bond acceptors (Lipinski definition) is 3. The zero-order valence-corrected chi connectivity index (χ0v) is 18.3. The highest BCUT2D eigenvalue weighted by Gasteiger charge is 2.45. The smallest absolute Gasteiger partial charge is 0.209 e. The van der Waals surface area contributed by atoms with Crippen LogP contribution in [0.5, 0.6) is 0 Å². The zero-order valence-electron chi connectivity index (χ0n) is 18.3. The van der Waals surface area contributed by atoms with E-state index in [-0.39, 0.29) is 23.9 Å². The molecule has 0 saturated heterocycles. The molecule has 2 heterocycles. The second kappa shape index (κ2) is 8.93. The van der Waals surface area contributed by atoms with Gasteiger partial charge in [-0.2, -0.15) is 0 Å². The maximum absolute atomic E-state index is 13.9. The van der Waals surface area contributed by atoms with E-state index in [1.807, 2.05) is 12.2 Å². The SMILES string of the molecule is CC(C)=CCC/C(C)=C/[C@@H]1CC(C)=C[C@]2(C=C(CF)[C@H]3CC(=O)C(C)=C[C@H]3O2)O1. The fourth-order valence-corrected chi connectivity index (χ4v) is 4.39. The van der Waals surface area contributed by atoms with Gasteiger partial charge in [-0.3, -0.25) is 4.79 Å². The predicted molar refractivity (Wildman–Crippen MR) is 114 cm³/mol. The number of carbonyl (C=O) groups is 1. The van der Waals surface area contributed by atoms with Crippen LogP contribution in [0.2, 0.25) is 0 Å². The van der Waals surface area contributed by atoms with Crippen molar-refractivity contribution in [3.05, 3.63) is 58.2 Å². The molecular formula is C25H33FO3. The van der Waals surface area contributed by atoms with Crippen molar-refractivity contribution >= 4 is 5.78 Å². The molecule has 4 heteroatoms. The highest BCUT2D eigenvalue weighted by Crippen LogP contribution is 2.42. The number of fused-ring (bicyclic) bond motifs is 1. The van der Waals surface area contributed by atoms with Crippen molar-refractivity contribution in [3.8, 4) is 0 Å². The summed E-state index contributed by atoms with van der Waals surface area (Å²) >= 11 is 0. The van der Waals surface area contributed by atoms with Crippen LogP contribution in [0.1, 0.15) is 60.3 Å². The first-order valence-corrected chi connectivity index (χ1v) is 10.5. The van der Waals surface area contributed by atoms with Crippen LogP contribution < -0.4 is 0 Å². The van der Waals surface area contributed by atoms with Crippen LogP contribution in [0.25, 0.3) is 0 Å². The van der Waals surface area contributed by atoms with Gasteiger partial charge in [0.25, 0.3) is 0 Å². The Bertz CT molecular complexity index is 810. The Morgan fingerprint density at radius 1 is 1.21 bits per heavy atom. The Hall–Kier alpha value is -1.78. The van der Waals surface area contributed by atoms with Crippen LogP contribution in [0.4, 0.5) is 4.39 Å². The summed E-state index contributed by atoms with van der Waals surface area (Å²) in [6, 6.07) is 0. The first-order valence-electron chi connectivity index (χ1n) is 10.5. The number of allylic oxidation sites excluding steroid dienone is 4. The summed E-state index contributed by atoms with van der Waals surface area (Å²) in [4.78, 5) is 12.1. The molecule has 0 bridgehead atoms. The minimum absolute atomic E-state index is 0.0641. The third-order valence-electron chi connectivity index (χ3n) is 5.86. The number of rotatable bonds is 5. The highest BCUT2D eigenvalue weighted by atomic mass is 19.1. The van der Waals surface area contributed by atoms with E-state index >= 15 is 0 Å². The van der Waals surface area contributed by atoms with E-state index < -0.39 is 12.5 Å². The summed E-state index contributed by atoms with van der Waals surface area (Å²) in [5, 5.41) is 0. The van der Waals surface area contributed by atoms with Crippen LogP contribution in [0.3, 0.4) is 0 Å². The zero-order chi connectivity index (χ0) is 21.2. The summed E-state index contributed by atoms with van der Waals surface area (Å²) in [6.07, 6.45) is 12.6. The van der Waals surface area contributed by atoms with Crippen LogP contribution in [-0.4, -0.2) is 30.5 Å².